The third kappa shape index (κ3) is 8.22. The first-order valence-electron chi connectivity index (χ1n) is 2.98. The van der Waals surface area contributed by atoms with Crippen molar-refractivity contribution in [1.29, 1.82) is 0 Å². The van der Waals surface area contributed by atoms with Gasteiger partial charge in [0, 0.05) is 10.6 Å². The minimum absolute atomic E-state index is 0.0895. The van der Waals surface area contributed by atoms with Gasteiger partial charge in [0.2, 0.25) is 0 Å². The van der Waals surface area contributed by atoms with Crippen LogP contribution in [0, 0.1) is 0 Å². The van der Waals surface area contributed by atoms with Crippen molar-refractivity contribution in [3.63, 3.8) is 0 Å². The maximum atomic E-state index is 5.54. The minimum Gasteiger partial charge on any atom is -0.0904 e. The number of benzene rings is 1. The predicted molar refractivity (Wildman–Crippen MR) is 57.1 cm³/mol. The Hall–Kier alpha value is 0.120. The highest BCUT2D eigenvalue weighted by Gasteiger charge is 1.75. The molecule has 0 amide bonds. The fraction of sp³-hybridized carbons (Fsp3) is 0. The van der Waals surface area contributed by atoms with E-state index in [4.69, 9.17) is 46.4 Å². The number of hydrogen-bond acceptors (Lipinski definition) is 0. The molecule has 0 aliphatic heterocycles. The Labute approximate surface area is 91.7 Å². The van der Waals surface area contributed by atoms with Crippen molar-refractivity contribution >= 4 is 46.4 Å². The van der Waals surface area contributed by atoms with Gasteiger partial charge in [0.05, 0.1) is 0 Å². The van der Waals surface area contributed by atoms with Crippen molar-refractivity contribution in [3.8, 4) is 0 Å². The summed E-state index contributed by atoms with van der Waals surface area (Å²) in [5.74, 6) is 0. The molecule has 0 unspecified atom stereocenters. The Morgan fingerprint density at radius 3 is 1.67 bits per heavy atom. The van der Waals surface area contributed by atoms with E-state index in [1.165, 1.54) is 0 Å². The predicted octanol–water partition coefficient (Wildman–Crippen LogP) is 4.84. The Morgan fingerprint density at radius 1 is 1.08 bits per heavy atom. The fourth-order valence-electron chi connectivity index (χ4n) is 0.415. The van der Waals surface area contributed by atoms with Crippen LogP contribution in [0.5, 0.6) is 0 Å². The van der Waals surface area contributed by atoms with Crippen molar-refractivity contribution in [2.24, 2.45) is 0 Å². The summed E-state index contributed by atoms with van der Waals surface area (Å²) in [6.45, 7) is 0. The third-order valence-electron chi connectivity index (χ3n) is 0.816. The first kappa shape index (κ1) is 12.1. The van der Waals surface area contributed by atoms with Crippen LogP contribution in [0.15, 0.2) is 40.4 Å². The second kappa shape index (κ2) is 7.75. The average molecular weight is 244 g/mol. The molecule has 0 bridgehead atoms. The molecule has 4 heteroatoms. The molecule has 0 nitrogen and oxygen atoms in total. The van der Waals surface area contributed by atoms with Crippen LogP contribution in [0.3, 0.4) is 0 Å². The van der Waals surface area contributed by atoms with Gasteiger partial charge in [0.1, 0.15) is 4.49 Å². The molecule has 12 heavy (non-hydrogen) atoms. The molecule has 0 saturated carbocycles. The first-order chi connectivity index (χ1) is 5.66. The van der Waals surface area contributed by atoms with Gasteiger partial charge in [-0.1, -0.05) is 64.6 Å². The van der Waals surface area contributed by atoms with Crippen LogP contribution in [0.25, 0.3) is 0 Å². The molecule has 0 saturated heterocycles. The molecule has 0 fully saturated rings. The van der Waals surface area contributed by atoms with Crippen LogP contribution in [0.4, 0.5) is 0 Å². The van der Waals surface area contributed by atoms with E-state index in [0.29, 0.717) is 0 Å². The third-order valence-corrected chi connectivity index (χ3v) is 1.73. The van der Waals surface area contributed by atoms with E-state index in [2.05, 4.69) is 0 Å². The number of rotatable bonds is 0. The maximum Gasteiger partial charge on any atom is 0.118 e. The van der Waals surface area contributed by atoms with Gasteiger partial charge in [0.15, 0.2) is 0 Å². The van der Waals surface area contributed by atoms with E-state index >= 15 is 0 Å². The molecule has 0 N–H and O–H groups in total. The lowest BCUT2D eigenvalue weighted by atomic mass is 10.4. The summed E-state index contributed by atoms with van der Waals surface area (Å²) in [6.07, 6.45) is 0. The Balaban J connectivity index is 0.000000217. The molecule has 1 aromatic carbocycles. The van der Waals surface area contributed by atoms with Gasteiger partial charge in [-0.2, -0.15) is 0 Å². The molecule has 0 atom stereocenters. The standard InChI is InChI=1S/C6H5Cl.C2HCl3/c7-6-4-2-1-3-5-6;3-1-2(4)5/h1-5H;1H. The van der Waals surface area contributed by atoms with Crippen molar-refractivity contribution in [2.75, 3.05) is 0 Å². The topological polar surface area (TPSA) is 0 Å². The zero-order valence-electron chi connectivity index (χ0n) is 5.98. The molecule has 0 spiro atoms. The van der Waals surface area contributed by atoms with Crippen molar-refractivity contribution < 1.29 is 0 Å². The molecule has 0 aromatic heterocycles. The molecule has 0 heterocycles. The molecule has 0 aliphatic carbocycles. The van der Waals surface area contributed by atoms with E-state index in [1.54, 1.807) is 0 Å². The van der Waals surface area contributed by atoms with Gasteiger partial charge in [-0.15, -0.1) is 0 Å². The van der Waals surface area contributed by atoms with E-state index in [0.717, 1.165) is 10.6 Å². The lowest BCUT2D eigenvalue weighted by molar-refractivity contribution is 1.71. The van der Waals surface area contributed by atoms with E-state index in [-0.39, 0.29) is 4.49 Å². The number of hydrogen-bond donors (Lipinski definition) is 0. The van der Waals surface area contributed by atoms with Crippen LogP contribution in [0.1, 0.15) is 0 Å². The summed E-state index contributed by atoms with van der Waals surface area (Å²) in [6, 6.07) is 9.44. The Bertz CT molecular complexity index is 226. The van der Waals surface area contributed by atoms with E-state index in [1.807, 2.05) is 30.3 Å². The van der Waals surface area contributed by atoms with Gasteiger partial charge in [-0.25, -0.2) is 0 Å². The monoisotopic (exact) mass is 242 g/mol. The zero-order valence-corrected chi connectivity index (χ0v) is 9.00. The second-order valence-corrected chi connectivity index (χ2v) is 3.36. The highest BCUT2D eigenvalue weighted by molar-refractivity contribution is 6.58. The summed E-state index contributed by atoms with van der Waals surface area (Å²) < 4.78 is 0.0895. The number of halogens is 4. The van der Waals surface area contributed by atoms with Gasteiger partial charge in [0.25, 0.3) is 0 Å². The minimum atomic E-state index is 0.0895. The van der Waals surface area contributed by atoms with Crippen LogP contribution < -0.4 is 0 Å². The summed E-state index contributed by atoms with van der Waals surface area (Å²) in [5, 5.41) is 0.794. The van der Waals surface area contributed by atoms with Gasteiger partial charge >= 0.3 is 0 Å². The molecule has 1 aromatic rings. The molecule has 1 rings (SSSR count). The molecular formula is C8H6Cl4. The van der Waals surface area contributed by atoms with Crippen molar-refractivity contribution in [2.45, 2.75) is 0 Å². The first-order valence-corrected chi connectivity index (χ1v) is 4.55. The lowest BCUT2D eigenvalue weighted by Gasteiger charge is -1.80. The van der Waals surface area contributed by atoms with Crippen LogP contribution in [-0.4, -0.2) is 0 Å². The quantitative estimate of drug-likeness (QED) is 0.612. The molecule has 66 valence electrons. The van der Waals surface area contributed by atoms with E-state index < -0.39 is 0 Å². The van der Waals surface area contributed by atoms with Crippen molar-refractivity contribution in [1.82, 2.24) is 0 Å². The van der Waals surface area contributed by atoms with Crippen LogP contribution >= 0.6 is 46.4 Å². The SMILES string of the molecule is ClC=C(Cl)Cl.Clc1ccccc1. The highest BCUT2D eigenvalue weighted by atomic mass is 35.5. The normalized spacial score (nSPS) is 8.00. The molecular weight excluding hydrogens is 238 g/mol. The smallest absolute Gasteiger partial charge is 0.0904 e. The summed E-state index contributed by atoms with van der Waals surface area (Å²) in [4.78, 5) is 0. The molecule has 0 radical (unpaired) electrons. The largest absolute Gasteiger partial charge is 0.118 e. The maximum absolute atomic E-state index is 5.54. The average Bonchev–Trinajstić information content (AvgIpc) is 2.07. The van der Waals surface area contributed by atoms with Gasteiger partial charge in [-0.05, 0) is 12.1 Å². The Morgan fingerprint density at radius 2 is 1.50 bits per heavy atom. The zero-order chi connectivity index (χ0) is 9.40. The molecule has 0 aliphatic rings. The summed E-state index contributed by atoms with van der Waals surface area (Å²) in [7, 11) is 0. The van der Waals surface area contributed by atoms with Crippen LogP contribution in [-0.2, 0) is 0 Å². The van der Waals surface area contributed by atoms with Gasteiger partial charge in [-0.3, -0.25) is 0 Å². The van der Waals surface area contributed by atoms with E-state index in [9.17, 15) is 0 Å². The fourth-order valence-corrected chi connectivity index (χ4v) is 0.560. The van der Waals surface area contributed by atoms with Crippen LogP contribution in [0.2, 0.25) is 5.02 Å². The second-order valence-electron chi connectivity index (χ2n) is 1.69. The van der Waals surface area contributed by atoms with Gasteiger partial charge < -0.3 is 0 Å². The highest BCUT2D eigenvalue weighted by Crippen LogP contribution is 2.06. The summed E-state index contributed by atoms with van der Waals surface area (Å²) >= 11 is 20.4. The lowest BCUT2D eigenvalue weighted by Crippen LogP contribution is -1.55. The Kier molecular flexibility index (Phi) is 7.83. The summed E-state index contributed by atoms with van der Waals surface area (Å²) in [5.41, 5.74) is 1.09. The van der Waals surface area contributed by atoms with Crippen molar-refractivity contribution in [3.05, 3.63) is 45.4 Å².